The normalized spacial score (nSPS) is 13.8. The molecule has 0 aliphatic rings. The number of esters is 1. The second-order valence-electron chi connectivity index (χ2n) is 6.15. The molecule has 0 saturated heterocycles. The van der Waals surface area contributed by atoms with Crippen molar-refractivity contribution in [3.05, 3.63) is 0 Å². The summed E-state index contributed by atoms with van der Waals surface area (Å²) in [4.78, 5) is 11.6. The van der Waals surface area contributed by atoms with Crippen molar-refractivity contribution in [1.29, 1.82) is 0 Å². The number of hydrogen-bond acceptors (Lipinski definition) is 4. The topological polar surface area (TPSA) is 66.8 Å². The van der Waals surface area contributed by atoms with Gasteiger partial charge in [-0.15, -0.1) is 0 Å². The van der Waals surface area contributed by atoms with Crippen LogP contribution in [-0.4, -0.2) is 35.0 Å². The number of aliphatic hydroxyl groups excluding tert-OH is 2. The average molecular weight is 316 g/mol. The molecule has 0 radical (unpaired) electrons. The number of aliphatic hydroxyl groups is 2. The average Bonchev–Trinajstić information content (AvgIpc) is 2.52. The van der Waals surface area contributed by atoms with Crippen molar-refractivity contribution >= 4 is 5.97 Å². The van der Waals surface area contributed by atoms with Gasteiger partial charge in [-0.1, -0.05) is 78.1 Å². The summed E-state index contributed by atoms with van der Waals surface area (Å²) >= 11 is 0. The van der Waals surface area contributed by atoms with Crippen molar-refractivity contribution in [2.75, 3.05) is 6.61 Å². The Bertz CT molecular complexity index is 255. The SMILES string of the molecule is CCCCCCCCCC(O)C(O)C(=O)OCCCCCC. The molecule has 0 spiro atoms. The van der Waals surface area contributed by atoms with E-state index in [-0.39, 0.29) is 0 Å². The Labute approximate surface area is 136 Å². The standard InChI is InChI=1S/C18H36O4/c1-3-5-7-9-10-11-12-14-16(19)17(20)18(21)22-15-13-8-6-4-2/h16-17,19-20H,3-15H2,1-2H3. The zero-order valence-corrected chi connectivity index (χ0v) is 14.6. The molecule has 4 heteroatoms. The predicted octanol–water partition coefficient (Wildman–Crippen LogP) is 3.97. The third-order valence-electron chi connectivity index (χ3n) is 3.95. The molecule has 0 rings (SSSR count). The van der Waals surface area contributed by atoms with Crippen LogP contribution in [0.3, 0.4) is 0 Å². The van der Waals surface area contributed by atoms with Gasteiger partial charge in [0.2, 0.25) is 0 Å². The third kappa shape index (κ3) is 12.0. The second-order valence-corrected chi connectivity index (χ2v) is 6.15. The fraction of sp³-hybridized carbons (Fsp3) is 0.944. The van der Waals surface area contributed by atoms with E-state index >= 15 is 0 Å². The quantitative estimate of drug-likeness (QED) is 0.354. The van der Waals surface area contributed by atoms with Gasteiger partial charge in [-0.25, -0.2) is 4.79 Å². The van der Waals surface area contributed by atoms with Gasteiger partial charge in [-0.3, -0.25) is 0 Å². The summed E-state index contributed by atoms with van der Waals surface area (Å²) in [5.74, 6) is -0.688. The van der Waals surface area contributed by atoms with Gasteiger partial charge in [0.1, 0.15) is 0 Å². The first-order valence-corrected chi connectivity index (χ1v) is 9.16. The van der Waals surface area contributed by atoms with Crippen LogP contribution >= 0.6 is 0 Å². The lowest BCUT2D eigenvalue weighted by molar-refractivity contribution is -0.160. The third-order valence-corrected chi connectivity index (χ3v) is 3.95. The van der Waals surface area contributed by atoms with Crippen LogP contribution in [0.15, 0.2) is 0 Å². The van der Waals surface area contributed by atoms with Crippen molar-refractivity contribution in [1.82, 2.24) is 0 Å². The Morgan fingerprint density at radius 3 is 1.91 bits per heavy atom. The molecule has 0 saturated carbocycles. The smallest absolute Gasteiger partial charge is 0.337 e. The molecule has 2 unspecified atom stereocenters. The Morgan fingerprint density at radius 1 is 0.818 bits per heavy atom. The van der Waals surface area contributed by atoms with E-state index in [4.69, 9.17) is 4.74 Å². The summed E-state index contributed by atoms with van der Waals surface area (Å²) < 4.78 is 4.99. The number of carbonyl (C=O) groups is 1. The highest BCUT2D eigenvalue weighted by atomic mass is 16.5. The van der Waals surface area contributed by atoms with Crippen molar-refractivity contribution in [2.24, 2.45) is 0 Å². The van der Waals surface area contributed by atoms with E-state index in [1.807, 2.05) is 0 Å². The molecule has 0 aromatic carbocycles. The van der Waals surface area contributed by atoms with Gasteiger partial charge >= 0.3 is 5.97 Å². The molecule has 0 bridgehead atoms. The number of carbonyl (C=O) groups excluding carboxylic acids is 1. The van der Waals surface area contributed by atoms with Crippen LogP contribution in [0.1, 0.15) is 90.9 Å². The predicted molar refractivity (Wildman–Crippen MR) is 89.7 cm³/mol. The zero-order valence-electron chi connectivity index (χ0n) is 14.6. The molecule has 2 atom stereocenters. The first kappa shape index (κ1) is 21.4. The van der Waals surface area contributed by atoms with Gasteiger partial charge in [-0.05, 0) is 12.8 Å². The van der Waals surface area contributed by atoms with E-state index < -0.39 is 18.2 Å². The summed E-state index contributed by atoms with van der Waals surface area (Å²) in [5.41, 5.74) is 0. The Morgan fingerprint density at radius 2 is 1.32 bits per heavy atom. The largest absolute Gasteiger partial charge is 0.464 e. The van der Waals surface area contributed by atoms with Gasteiger partial charge in [-0.2, -0.15) is 0 Å². The minimum Gasteiger partial charge on any atom is -0.464 e. The van der Waals surface area contributed by atoms with Crippen LogP contribution in [0.25, 0.3) is 0 Å². The van der Waals surface area contributed by atoms with Gasteiger partial charge in [0.25, 0.3) is 0 Å². The van der Waals surface area contributed by atoms with Gasteiger partial charge in [0, 0.05) is 0 Å². The molecule has 2 N–H and O–H groups in total. The van der Waals surface area contributed by atoms with Gasteiger partial charge in [0.05, 0.1) is 12.7 Å². The number of ether oxygens (including phenoxy) is 1. The molecule has 0 aliphatic carbocycles. The molecular formula is C18H36O4. The molecule has 0 aromatic heterocycles. The van der Waals surface area contributed by atoms with Crippen LogP contribution in [0.5, 0.6) is 0 Å². The molecule has 0 aliphatic heterocycles. The fourth-order valence-corrected chi connectivity index (χ4v) is 2.41. The van der Waals surface area contributed by atoms with Crippen molar-refractivity contribution in [3.8, 4) is 0 Å². The van der Waals surface area contributed by atoms with Crippen LogP contribution in [0.4, 0.5) is 0 Å². The lowest BCUT2D eigenvalue weighted by Gasteiger charge is -2.16. The molecule has 132 valence electrons. The molecule has 0 heterocycles. The molecule has 0 amide bonds. The monoisotopic (exact) mass is 316 g/mol. The summed E-state index contributed by atoms with van der Waals surface area (Å²) in [6.07, 6.45) is 10.2. The Balaban J connectivity index is 3.59. The van der Waals surface area contributed by atoms with E-state index in [0.29, 0.717) is 13.0 Å². The van der Waals surface area contributed by atoms with Crippen molar-refractivity contribution in [2.45, 2.75) is 103 Å². The van der Waals surface area contributed by atoms with Gasteiger partial charge in [0.15, 0.2) is 6.10 Å². The summed E-state index contributed by atoms with van der Waals surface area (Å²) in [6.45, 7) is 4.65. The highest BCUT2D eigenvalue weighted by Crippen LogP contribution is 2.12. The molecule has 0 fully saturated rings. The second kappa shape index (κ2) is 15.3. The van der Waals surface area contributed by atoms with Gasteiger partial charge < -0.3 is 14.9 Å². The van der Waals surface area contributed by atoms with E-state index in [2.05, 4.69) is 13.8 Å². The molecular weight excluding hydrogens is 280 g/mol. The lowest BCUT2D eigenvalue weighted by atomic mass is 10.0. The first-order chi connectivity index (χ1) is 10.6. The highest BCUT2D eigenvalue weighted by Gasteiger charge is 2.25. The first-order valence-electron chi connectivity index (χ1n) is 9.16. The van der Waals surface area contributed by atoms with Crippen molar-refractivity contribution < 1.29 is 19.7 Å². The van der Waals surface area contributed by atoms with Crippen LogP contribution in [0.2, 0.25) is 0 Å². The summed E-state index contributed by atoms with van der Waals surface area (Å²) in [7, 11) is 0. The van der Waals surface area contributed by atoms with Crippen LogP contribution < -0.4 is 0 Å². The van der Waals surface area contributed by atoms with Crippen LogP contribution in [-0.2, 0) is 9.53 Å². The minimum atomic E-state index is -1.40. The van der Waals surface area contributed by atoms with E-state index in [0.717, 1.165) is 44.9 Å². The molecule has 22 heavy (non-hydrogen) atoms. The van der Waals surface area contributed by atoms with E-state index in [9.17, 15) is 15.0 Å². The maximum Gasteiger partial charge on any atom is 0.337 e. The number of unbranched alkanes of at least 4 members (excludes halogenated alkanes) is 9. The molecule has 4 nitrogen and oxygen atoms in total. The summed E-state index contributed by atoms with van der Waals surface area (Å²) in [6, 6.07) is 0. The van der Waals surface area contributed by atoms with E-state index in [1.165, 1.54) is 25.7 Å². The summed E-state index contributed by atoms with van der Waals surface area (Å²) in [5, 5.41) is 19.6. The molecule has 0 aromatic rings. The minimum absolute atomic E-state index is 0.333. The lowest BCUT2D eigenvalue weighted by Crippen LogP contribution is -2.35. The zero-order chi connectivity index (χ0) is 16.6. The maximum atomic E-state index is 11.6. The number of hydrogen-bond donors (Lipinski definition) is 2. The number of rotatable bonds is 15. The van der Waals surface area contributed by atoms with E-state index in [1.54, 1.807) is 0 Å². The highest BCUT2D eigenvalue weighted by molar-refractivity contribution is 5.75. The Kier molecular flexibility index (Phi) is 14.9. The van der Waals surface area contributed by atoms with Crippen LogP contribution in [0, 0.1) is 0 Å². The van der Waals surface area contributed by atoms with Crippen molar-refractivity contribution in [3.63, 3.8) is 0 Å². The fourth-order valence-electron chi connectivity index (χ4n) is 2.41. The maximum absolute atomic E-state index is 11.6. The Hall–Kier alpha value is -0.610.